The normalized spacial score (nSPS) is 25.8. The molecule has 2 aliphatic heterocycles. The molecular formula is C18H23FN4O3S. The number of hydrogen-bond donors (Lipinski definition) is 0. The summed E-state index contributed by atoms with van der Waals surface area (Å²) in [6.07, 6.45) is 4.94. The molecule has 0 saturated carbocycles. The summed E-state index contributed by atoms with van der Waals surface area (Å²) in [6.45, 7) is 2.04. The third kappa shape index (κ3) is 3.28. The fraction of sp³-hybridized carbons (Fsp3) is 0.556. The van der Waals surface area contributed by atoms with Crippen LogP contribution in [0.5, 0.6) is 0 Å². The molecular weight excluding hydrogens is 371 g/mol. The van der Waals surface area contributed by atoms with Gasteiger partial charge in [0.25, 0.3) is 0 Å². The molecule has 2 aromatic rings. The molecule has 2 saturated heterocycles. The maximum absolute atomic E-state index is 13.4. The zero-order valence-corrected chi connectivity index (χ0v) is 16.2. The molecule has 0 amide bonds. The Balaban J connectivity index is 1.58. The molecule has 0 N–H and O–H groups in total. The van der Waals surface area contributed by atoms with Crippen molar-refractivity contribution < 1.29 is 17.5 Å². The molecule has 1 aromatic heterocycles. The maximum atomic E-state index is 13.4. The fourth-order valence-corrected chi connectivity index (χ4v) is 6.54. The van der Waals surface area contributed by atoms with E-state index in [9.17, 15) is 12.8 Å². The van der Waals surface area contributed by atoms with Crippen molar-refractivity contribution in [1.29, 1.82) is 0 Å². The van der Waals surface area contributed by atoms with Gasteiger partial charge in [0.15, 0.2) is 0 Å². The summed E-state index contributed by atoms with van der Waals surface area (Å²) < 4.78 is 48.5. The second-order valence-electron chi connectivity index (χ2n) is 7.38. The number of rotatable bonds is 5. The van der Waals surface area contributed by atoms with Crippen molar-refractivity contribution in [3.63, 3.8) is 0 Å². The number of aryl methyl sites for hydroxylation is 1. The van der Waals surface area contributed by atoms with Crippen LogP contribution in [0.2, 0.25) is 0 Å². The Morgan fingerprint density at radius 3 is 2.56 bits per heavy atom. The van der Waals surface area contributed by atoms with Crippen LogP contribution < -0.4 is 0 Å². The van der Waals surface area contributed by atoms with Gasteiger partial charge in [-0.1, -0.05) is 5.21 Å². The number of aromatic nitrogens is 3. The lowest BCUT2D eigenvalue weighted by atomic mass is 10.00. The first-order valence-electron chi connectivity index (χ1n) is 9.09. The number of nitrogens with zero attached hydrogens (tertiary/aromatic N) is 4. The maximum Gasteiger partial charge on any atom is 0.243 e. The van der Waals surface area contributed by atoms with E-state index in [0.29, 0.717) is 25.0 Å². The Bertz CT molecular complexity index is 932. The average Bonchev–Trinajstić information content (AvgIpc) is 3.18. The number of piperidine rings is 1. The second-order valence-corrected chi connectivity index (χ2v) is 9.19. The molecule has 2 aliphatic rings. The van der Waals surface area contributed by atoms with E-state index in [0.717, 1.165) is 18.5 Å². The summed E-state index contributed by atoms with van der Waals surface area (Å²) in [6, 6.07) is 3.84. The highest BCUT2D eigenvalue weighted by molar-refractivity contribution is 7.89. The topological polar surface area (TPSA) is 77.3 Å². The predicted molar refractivity (Wildman–Crippen MR) is 96.0 cm³/mol. The van der Waals surface area contributed by atoms with Crippen LogP contribution in [0, 0.1) is 12.7 Å². The van der Waals surface area contributed by atoms with E-state index in [1.54, 1.807) is 18.3 Å². The molecule has 0 aliphatic carbocycles. The van der Waals surface area contributed by atoms with Gasteiger partial charge < -0.3 is 4.74 Å². The van der Waals surface area contributed by atoms with E-state index in [2.05, 4.69) is 10.3 Å². The van der Waals surface area contributed by atoms with Crippen LogP contribution in [-0.2, 0) is 21.4 Å². The third-order valence-corrected chi connectivity index (χ3v) is 7.72. The number of fused-ring (bicyclic) bond motifs is 2. The molecule has 0 radical (unpaired) electrons. The predicted octanol–water partition coefficient (Wildman–Crippen LogP) is 2.43. The first-order valence-corrected chi connectivity index (χ1v) is 10.5. The lowest BCUT2D eigenvalue weighted by Gasteiger charge is -2.38. The van der Waals surface area contributed by atoms with Crippen molar-refractivity contribution in [2.24, 2.45) is 0 Å². The highest BCUT2D eigenvalue weighted by Gasteiger charge is 2.48. The van der Waals surface area contributed by atoms with Crippen LogP contribution in [-0.4, -0.2) is 46.9 Å². The van der Waals surface area contributed by atoms with Gasteiger partial charge >= 0.3 is 0 Å². The lowest BCUT2D eigenvalue weighted by Crippen LogP contribution is -2.47. The summed E-state index contributed by atoms with van der Waals surface area (Å²) >= 11 is 0. The van der Waals surface area contributed by atoms with Crippen LogP contribution in [0.4, 0.5) is 4.39 Å². The minimum absolute atomic E-state index is 0.0710. The summed E-state index contributed by atoms with van der Waals surface area (Å²) in [5.74, 6) is -0.425. The molecule has 0 spiro atoms. The standard InChI is InChI=1S/C18H23FN4O3S/c1-12-7-13(19)3-6-18(12)27(24,25)23-15-4-5-16(23)9-17(8-15)22-10-14(11-26-2)20-21-22/h3,6-7,10,15-17H,4-5,8-9,11H2,1-2H3. The van der Waals surface area contributed by atoms with Crippen molar-refractivity contribution in [2.75, 3.05) is 7.11 Å². The van der Waals surface area contributed by atoms with E-state index in [-0.39, 0.29) is 23.0 Å². The van der Waals surface area contributed by atoms with Gasteiger partial charge in [-0.05, 0) is 56.4 Å². The number of ether oxygens (including phenoxy) is 1. The van der Waals surface area contributed by atoms with Gasteiger partial charge in [-0.3, -0.25) is 0 Å². The minimum atomic E-state index is -3.65. The molecule has 146 valence electrons. The van der Waals surface area contributed by atoms with Gasteiger partial charge in [0.2, 0.25) is 10.0 Å². The second kappa shape index (κ2) is 6.96. The van der Waals surface area contributed by atoms with Crippen molar-refractivity contribution in [3.05, 3.63) is 41.5 Å². The van der Waals surface area contributed by atoms with E-state index in [1.807, 2.05) is 10.9 Å². The van der Waals surface area contributed by atoms with Crippen molar-refractivity contribution in [3.8, 4) is 0 Å². The van der Waals surface area contributed by atoms with E-state index in [1.165, 1.54) is 18.2 Å². The van der Waals surface area contributed by atoms with Gasteiger partial charge in [0, 0.05) is 19.2 Å². The Hall–Kier alpha value is -1.84. The van der Waals surface area contributed by atoms with E-state index in [4.69, 9.17) is 4.74 Å². The summed E-state index contributed by atoms with van der Waals surface area (Å²) in [5.41, 5.74) is 1.21. The van der Waals surface area contributed by atoms with Gasteiger partial charge in [-0.2, -0.15) is 4.31 Å². The number of sulfonamides is 1. The summed E-state index contributed by atoms with van der Waals surface area (Å²) in [4.78, 5) is 0.197. The Morgan fingerprint density at radius 1 is 1.22 bits per heavy atom. The lowest BCUT2D eigenvalue weighted by molar-refractivity contribution is 0.180. The first kappa shape index (κ1) is 18.5. The quantitative estimate of drug-likeness (QED) is 0.778. The molecule has 7 nitrogen and oxygen atoms in total. The number of methoxy groups -OCH3 is 1. The monoisotopic (exact) mass is 394 g/mol. The molecule has 2 atom stereocenters. The molecule has 4 rings (SSSR count). The smallest absolute Gasteiger partial charge is 0.243 e. The summed E-state index contributed by atoms with van der Waals surface area (Å²) in [7, 11) is -2.04. The third-order valence-electron chi connectivity index (χ3n) is 5.56. The highest BCUT2D eigenvalue weighted by atomic mass is 32.2. The van der Waals surface area contributed by atoms with Crippen LogP contribution in [0.3, 0.4) is 0 Å². The molecule has 2 unspecified atom stereocenters. The SMILES string of the molecule is COCc1cn(C2CC3CCC(C2)N3S(=O)(=O)c2ccc(F)cc2C)nn1. The molecule has 3 heterocycles. The van der Waals surface area contributed by atoms with Crippen molar-refractivity contribution in [2.45, 2.75) is 62.2 Å². The van der Waals surface area contributed by atoms with E-state index < -0.39 is 15.8 Å². The van der Waals surface area contributed by atoms with Gasteiger partial charge in [-0.25, -0.2) is 17.5 Å². The minimum Gasteiger partial charge on any atom is -0.378 e. The van der Waals surface area contributed by atoms with E-state index >= 15 is 0 Å². The first-order chi connectivity index (χ1) is 12.9. The number of hydrogen-bond acceptors (Lipinski definition) is 5. The molecule has 2 fully saturated rings. The zero-order chi connectivity index (χ0) is 19.2. The van der Waals surface area contributed by atoms with Crippen molar-refractivity contribution in [1.82, 2.24) is 19.3 Å². The van der Waals surface area contributed by atoms with Crippen LogP contribution in [0.15, 0.2) is 29.3 Å². The van der Waals surface area contributed by atoms with Crippen LogP contribution >= 0.6 is 0 Å². The highest BCUT2D eigenvalue weighted by Crippen LogP contribution is 2.44. The van der Waals surface area contributed by atoms with Crippen LogP contribution in [0.25, 0.3) is 0 Å². The Kier molecular flexibility index (Phi) is 4.77. The molecule has 2 bridgehead atoms. The summed E-state index contributed by atoms with van der Waals surface area (Å²) in [5, 5.41) is 8.31. The zero-order valence-electron chi connectivity index (χ0n) is 15.4. The van der Waals surface area contributed by atoms with Crippen molar-refractivity contribution >= 4 is 10.0 Å². The van der Waals surface area contributed by atoms with Crippen LogP contribution in [0.1, 0.15) is 43.0 Å². The molecule has 1 aromatic carbocycles. The molecule has 27 heavy (non-hydrogen) atoms. The van der Waals surface area contributed by atoms with Gasteiger partial charge in [0.05, 0.1) is 23.7 Å². The Labute approximate surface area is 158 Å². The number of halogens is 1. The van der Waals surface area contributed by atoms with Gasteiger partial charge in [0.1, 0.15) is 11.5 Å². The Morgan fingerprint density at radius 2 is 1.93 bits per heavy atom. The average molecular weight is 394 g/mol. The molecule has 9 heteroatoms. The number of benzene rings is 1. The fourth-order valence-electron chi connectivity index (χ4n) is 4.44. The largest absolute Gasteiger partial charge is 0.378 e. The van der Waals surface area contributed by atoms with Gasteiger partial charge in [-0.15, -0.1) is 5.10 Å².